The maximum atomic E-state index is 12.1. The van der Waals surface area contributed by atoms with Crippen molar-refractivity contribution in [1.82, 2.24) is 15.1 Å². The topological polar surface area (TPSA) is 103 Å². The van der Waals surface area contributed by atoms with Gasteiger partial charge in [-0.3, -0.25) is 9.59 Å². The van der Waals surface area contributed by atoms with E-state index in [9.17, 15) is 9.59 Å². The second-order valence-electron chi connectivity index (χ2n) is 4.96. The minimum atomic E-state index is -1.06. The molecular formula is C16H19N3O5. The van der Waals surface area contributed by atoms with Crippen molar-refractivity contribution in [2.45, 2.75) is 13.0 Å². The summed E-state index contributed by atoms with van der Waals surface area (Å²) >= 11 is 0. The van der Waals surface area contributed by atoms with E-state index in [0.717, 1.165) is 10.2 Å². The van der Waals surface area contributed by atoms with Gasteiger partial charge in [-0.1, -0.05) is 6.07 Å². The van der Waals surface area contributed by atoms with Crippen molar-refractivity contribution in [2.75, 3.05) is 20.8 Å². The van der Waals surface area contributed by atoms with Crippen LogP contribution in [0.2, 0.25) is 0 Å². The van der Waals surface area contributed by atoms with E-state index < -0.39 is 5.97 Å². The lowest BCUT2D eigenvalue weighted by Crippen LogP contribution is -2.29. The molecule has 2 rings (SSSR count). The summed E-state index contributed by atoms with van der Waals surface area (Å²) in [5.41, 5.74) is 1.19. The molecule has 128 valence electrons. The average molecular weight is 333 g/mol. The number of nitrogens with zero attached hydrogens (tertiary/aromatic N) is 2. The Balaban J connectivity index is 1.93. The fourth-order valence-corrected chi connectivity index (χ4v) is 2.23. The summed E-state index contributed by atoms with van der Waals surface area (Å²) in [4.78, 5) is 22.9. The zero-order chi connectivity index (χ0) is 17.5. The van der Waals surface area contributed by atoms with E-state index in [1.54, 1.807) is 20.3 Å². The van der Waals surface area contributed by atoms with Crippen LogP contribution in [0.15, 0.2) is 30.5 Å². The van der Waals surface area contributed by atoms with Gasteiger partial charge in [0, 0.05) is 12.7 Å². The number of aromatic nitrogens is 2. The molecule has 0 atom stereocenters. The van der Waals surface area contributed by atoms with E-state index in [-0.39, 0.29) is 18.1 Å². The number of amides is 1. The number of benzene rings is 1. The van der Waals surface area contributed by atoms with Crippen molar-refractivity contribution in [2.24, 2.45) is 0 Å². The fraction of sp³-hybridized carbons (Fsp3) is 0.312. The van der Waals surface area contributed by atoms with Crippen molar-refractivity contribution in [3.63, 3.8) is 0 Å². The Morgan fingerprint density at radius 2 is 1.96 bits per heavy atom. The summed E-state index contributed by atoms with van der Waals surface area (Å²) < 4.78 is 11.6. The standard InChI is InChI=1S/C16H19N3O5/c1-23-13-4-3-11(9-14(13)24-2)5-7-17-16(22)12-6-8-18-19(12)10-15(20)21/h3-4,6,8-9H,5,7,10H2,1-2H3,(H,17,22)(H,20,21). The van der Waals surface area contributed by atoms with E-state index in [0.29, 0.717) is 24.5 Å². The van der Waals surface area contributed by atoms with Gasteiger partial charge in [0.25, 0.3) is 5.91 Å². The molecule has 0 bridgehead atoms. The number of rotatable bonds is 8. The molecule has 0 aliphatic carbocycles. The van der Waals surface area contributed by atoms with Crippen LogP contribution < -0.4 is 14.8 Å². The van der Waals surface area contributed by atoms with Gasteiger partial charge in [0.1, 0.15) is 12.2 Å². The van der Waals surface area contributed by atoms with Crippen molar-refractivity contribution in [1.29, 1.82) is 0 Å². The van der Waals surface area contributed by atoms with Crippen molar-refractivity contribution < 1.29 is 24.2 Å². The highest BCUT2D eigenvalue weighted by Crippen LogP contribution is 2.27. The highest BCUT2D eigenvalue weighted by Gasteiger charge is 2.13. The monoisotopic (exact) mass is 333 g/mol. The molecule has 0 saturated heterocycles. The Morgan fingerprint density at radius 1 is 1.21 bits per heavy atom. The van der Waals surface area contributed by atoms with Crippen LogP contribution in [0.3, 0.4) is 0 Å². The van der Waals surface area contributed by atoms with Gasteiger partial charge in [0.05, 0.1) is 14.2 Å². The number of carboxylic acid groups (broad SMARTS) is 1. The fourth-order valence-electron chi connectivity index (χ4n) is 2.23. The van der Waals surface area contributed by atoms with E-state index in [1.165, 1.54) is 12.3 Å². The molecule has 2 aromatic rings. The normalized spacial score (nSPS) is 10.2. The van der Waals surface area contributed by atoms with Crippen molar-refractivity contribution in [3.8, 4) is 11.5 Å². The summed E-state index contributed by atoms with van der Waals surface area (Å²) in [7, 11) is 3.13. The zero-order valence-corrected chi connectivity index (χ0v) is 13.5. The van der Waals surface area contributed by atoms with E-state index in [4.69, 9.17) is 14.6 Å². The first-order valence-electron chi connectivity index (χ1n) is 7.28. The number of nitrogens with one attached hydrogen (secondary N) is 1. The number of ether oxygens (including phenoxy) is 2. The van der Waals surface area contributed by atoms with Gasteiger partial charge >= 0.3 is 5.97 Å². The Morgan fingerprint density at radius 3 is 2.62 bits per heavy atom. The number of aliphatic carboxylic acids is 1. The minimum absolute atomic E-state index is 0.213. The molecule has 24 heavy (non-hydrogen) atoms. The highest BCUT2D eigenvalue weighted by molar-refractivity contribution is 5.92. The van der Waals surface area contributed by atoms with Gasteiger partial charge in [0.2, 0.25) is 0 Å². The lowest BCUT2D eigenvalue weighted by atomic mass is 10.1. The summed E-state index contributed by atoms with van der Waals surface area (Å²) in [6.07, 6.45) is 1.99. The van der Waals surface area contributed by atoms with E-state index >= 15 is 0 Å². The van der Waals surface area contributed by atoms with Gasteiger partial charge in [-0.25, -0.2) is 4.68 Å². The molecule has 0 unspecified atom stereocenters. The first kappa shape index (κ1) is 17.3. The average Bonchev–Trinajstić information content (AvgIpc) is 3.02. The first-order chi connectivity index (χ1) is 11.5. The smallest absolute Gasteiger partial charge is 0.325 e. The van der Waals surface area contributed by atoms with Crippen LogP contribution >= 0.6 is 0 Å². The van der Waals surface area contributed by atoms with Crippen LogP contribution in [-0.2, 0) is 17.8 Å². The molecule has 1 aromatic carbocycles. The number of methoxy groups -OCH3 is 2. The van der Waals surface area contributed by atoms with Gasteiger partial charge in [-0.2, -0.15) is 5.10 Å². The SMILES string of the molecule is COc1ccc(CCNC(=O)c2ccnn2CC(=O)O)cc1OC. The van der Waals surface area contributed by atoms with Crippen LogP contribution in [0.5, 0.6) is 11.5 Å². The summed E-state index contributed by atoms with van der Waals surface area (Å²) in [5.74, 6) is -0.156. The number of carbonyl (C=O) groups is 2. The number of carboxylic acids is 1. The Labute approximate surface area is 139 Å². The number of hydrogen-bond acceptors (Lipinski definition) is 5. The van der Waals surface area contributed by atoms with Gasteiger partial charge in [0.15, 0.2) is 11.5 Å². The lowest BCUT2D eigenvalue weighted by molar-refractivity contribution is -0.137. The van der Waals surface area contributed by atoms with E-state index in [2.05, 4.69) is 10.4 Å². The molecule has 0 aliphatic rings. The molecule has 1 aromatic heterocycles. The van der Waals surface area contributed by atoms with Gasteiger partial charge in [-0.05, 0) is 30.2 Å². The van der Waals surface area contributed by atoms with Gasteiger partial charge in [-0.15, -0.1) is 0 Å². The highest BCUT2D eigenvalue weighted by atomic mass is 16.5. The minimum Gasteiger partial charge on any atom is -0.493 e. The molecule has 0 spiro atoms. The maximum Gasteiger partial charge on any atom is 0.325 e. The van der Waals surface area contributed by atoms with Crippen LogP contribution in [0.25, 0.3) is 0 Å². The quantitative estimate of drug-likeness (QED) is 0.746. The van der Waals surface area contributed by atoms with E-state index in [1.807, 2.05) is 12.1 Å². The number of hydrogen-bond donors (Lipinski definition) is 2. The molecule has 2 N–H and O–H groups in total. The van der Waals surface area contributed by atoms with Crippen LogP contribution in [-0.4, -0.2) is 47.5 Å². The molecule has 8 heteroatoms. The van der Waals surface area contributed by atoms with Crippen LogP contribution in [0, 0.1) is 0 Å². The van der Waals surface area contributed by atoms with Crippen LogP contribution in [0.1, 0.15) is 16.1 Å². The predicted octanol–water partition coefficient (Wildman–Crippen LogP) is 0.957. The second-order valence-corrected chi connectivity index (χ2v) is 4.96. The molecule has 0 saturated carbocycles. The molecule has 0 radical (unpaired) electrons. The largest absolute Gasteiger partial charge is 0.493 e. The Bertz CT molecular complexity index is 726. The number of carbonyl (C=O) groups excluding carboxylic acids is 1. The Kier molecular flexibility index (Phi) is 5.78. The van der Waals surface area contributed by atoms with Gasteiger partial charge < -0.3 is 19.9 Å². The van der Waals surface area contributed by atoms with Crippen molar-refractivity contribution in [3.05, 3.63) is 41.7 Å². The summed E-state index contributed by atoms with van der Waals surface area (Å²) in [6.45, 7) is 0.0397. The lowest BCUT2D eigenvalue weighted by Gasteiger charge is -2.10. The second kappa shape index (κ2) is 8.00. The third-order valence-corrected chi connectivity index (χ3v) is 3.38. The third kappa shape index (κ3) is 4.25. The molecule has 1 amide bonds. The maximum absolute atomic E-state index is 12.1. The van der Waals surface area contributed by atoms with Crippen LogP contribution in [0.4, 0.5) is 0 Å². The summed E-state index contributed by atoms with van der Waals surface area (Å²) in [6, 6.07) is 7.02. The molecular weight excluding hydrogens is 314 g/mol. The molecule has 8 nitrogen and oxygen atoms in total. The Hall–Kier alpha value is -3.03. The third-order valence-electron chi connectivity index (χ3n) is 3.38. The first-order valence-corrected chi connectivity index (χ1v) is 7.28. The predicted molar refractivity (Wildman–Crippen MR) is 85.4 cm³/mol. The summed E-state index contributed by atoms with van der Waals surface area (Å²) in [5, 5.41) is 15.4. The van der Waals surface area contributed by atoms with Crippen molar-refractivity contribution >= 4 is 11.9 Å². The zero-order valence-electron chi connectivity index (χ0n) is 13.5. The molecule has 0 fully saturated rings. The molecule has 0 aliphatic heterocycles. The molecule has 1 heterocycles.